The zero-order chi connectivity index (χ0) is 16.1. The molecular weight excluding hydrogens is 280 g/mol. The van der Waals surface area contributed by atoms with Gasteiger partial charge in [-0.1, -0.05) is 59.7 Å². The summed E-state index contributed by atoms with van der Waals surface area (Å²) < 4.78 is 0. The standard InChI is InChI=1S/C21H24N2/c1-16-6-3-8-18(12-16)21(19-9-4-7-17(2)13-19)11-5-10-20-14-22-15-23-20/h3-4,6-9,12-15,21H,5,10-11H2,1-2H3,(H,22,23). The first-order chi connectivity index (χ1) is 11.2. The lowest BCUT2D eigenvalue weighted by atomic mass is 9.85. The number of nitrogens with one attached hydrogen (secondary N) is 1. The van der Waals surface area contributed by atoms with Crippen molar-refractivity contribution in [1.29, 1.82) is 0 Å². The summed E-state index contributed by atoms with van der Waals surface area (Å²) in [4.78, 5) is 7.30. The molecule has 118 valence electrons. The minimum absolute atomic E-state index is 0.456. The number of hydrogen-bond donors (Lipinski definition) is 1. The Morgan fingerprint density at radius 2 is 1.61 bits per heavy atom. The lowest BCUT2D eigenvalue weighted by Crippen LogP contribution is -2.03. The van der Waals surface area contributed by atoms with Crippen LogP contribution in [0.4, 0.5) is 0 Å². The number of imidazole rings is 1. The molecule has 0 fully saturated rings. The van der Waals surface area contributed by atoms with E-state index in [1.165, 1.54) is 27.9 Å². The van der Waals surface area contributed by atoms with E-state index in [1.807, 2.05) is 6.20 Å². The van der Waals surface area contributed by atoms with Gasteiger partial charge in [-0.15, -0.1) is 0 Å². The molecule has 0 amide bonds. The summed E-state index contributed by atoms with van der Waals surface area (Å²) in [5.41, 5.74) is 6.71. The molecule has 0 saturated carbocycles. The number of aromatic nitrogens is 2. The molecule has 0 aliphatic carbocycles. The van der Waals surface area contributed by atoms with Gasteiger partial charge < -0.3 is 4.98 Å². The van der Waals surface area contributed by atoms with Gasteiger partial charge in [0, 0.05) is 17.8 Å². The van der Waals surface area contributed by atoms with Crippen molar-refractivity contribution in [2.75, 3.05) is 0 Å². The highest BCUT2D eigenvalue weighted by Gasteiger charge is 2.14. The number of benzene rings is 2. The molecule has 2 nitrogen and oxygen atoms in total. The van der Waals surface area contributed by atoms with Crippen LogP contribution in [0.2, 0.25) is 0 Å². The molecule has 3 rings (SSSR count). The van der Waals surface area contributed by atoms with Crippen LogP contribution in [0.5, 0.6) is 0 Å². The van der Waals surface area contributed by atoms with Gasteiger partial charge in [-0.25, -0.2) is 4.98 Å². The fourth-order valence-electron chi connectivity index (χ4n) is 3.22. The molecule has 2 aromatic carbocycles. The van der Waals surface area contributed by atoms with Crippen molar-refractivity contribution in [2.24, 2.45) is 0 Å². The molecule has 3 aromatic rings. The number of aromatic amines is 1. The van der Waals surface area contributed by atoms with E-state index in [1.54, 1.807) is 6.33 Å². The lowest BCUT2D eigenvalue weighted by molar-refractivity contribution is 0.655. The smallest absolute Gasteiger partial charge is 0.0921 e. The van der Waals surface area contributed by atoms with Crippen molar-refractivity contribution in [3.63, 3.8) is 0 Å². The molecule has 0 spiro atoms. The third-order valence-electron chi connectivity index (χ3n) is 4.38. The molecule has 0 unspecified atom stereocenters. The number of aryl methyl sites for hydroxylation is 3. The fraction of sp³-hybridized carbons (Fsp3) is 0.286. The van der Waals surface area contributed by atoms with E-state index >= 15 is 0 Å². The molecule has 2 heteroatoms. The Bertz CT molecular complexity index is 699. The second kappa shape index (κ2) is 7.28. The molecule has 1 N–H and O–H groups in total. The summed E-state index contributed by atoms with van der Waals surface area (Å²) in [6, 6.07) is 17.8. The molecule has 0 bridgehead atoms. The molecule has 23 heavy (non-hydrogen) atoms. The Hall–Kier alpha value is -2.35. The average Bonchev–Trinajstić information content (AvgIpc) is 3.05. The molecule has 0 aliphatic heterocycles. The van der Waals surface area contributed by atoms with Crippen molar-refractivity contribution < 1.29 is 0 Å². The van der Waals surface area contributed by atoms with Crippen LogP contribution in [0.15, 0.2) is 61.1 Å². The van der Waals surface area contributed by atoms with Gasteiger partial charge in [0.2, 0.25) is 0 Å². The second-order valence-electron chi connectivity index (χ2n) is 6.35. The van der Waals surface area contributed by atoms with E-state index in [0.717, 1.165) is 19.3 Å². The van der Waals surface area contributed by atoms with Crippen LogP contribution < -0.4 is 0 Å². The van der Waals surface area contributed by atoms with E-state index < -0.39 is 0 Å². The van der Waals surface area contributed by atoms with Crippen LogP contribution >= 0.6 is 0 Å². The van der Waals surface area contributed by atoms with Gasteiger partial charge in [-0.3, -0.25) is 0 Å². The van der Waals surface area contributed by atoms with Crippen molar-refractivity contribution in [3.8, 4) is 0 Å². The van der Waals surface area contributed by atoms with Crippen LogP contribution in [0.1, 0.15) is 46.7 Å². The molecule has 1 aromatic heterocycles. The van der Waals surface area contributed by atoms with Gasteiger partial charge in [-0.05, 0) is 44.2 Å². The first-order valence-electron chi connectivity index (χ1n) is 8.33. The van der Waals surface area contributed by atoms with E-state index in [0.29, 0.717) is 5.92 Å². The van der Waals surface area contributed by atoms with E-state index in [9.17, 15) is 0 Å². The Labute approximate surface area is 138 Å². The van der Waals surface area contributed by atoms with Crippen LogP contribution in [-0.2, 0) is 6.42 Å². The monoisotopic (exact) mass is 304 g/mol. The Morgan fingerprint density at radius 1 is 0.957 bits per heavy atom. The molecule has 0 radical (unpaired) electrons. The summed E-state index contributed by atoms with van der Waals surface area (Å²) in [5.74, 6) is 0.456. The Balaban J connectivity index is 1.81. The normalized spacial score (nSPS) is 11.1. The quantitative estimate of drug-likeness (QED) is 0.667. The van der Waals surface area contributed by atoms with Gasteiger partial charge in [0.25, 0.3) is 0 Å². The number of H-pyrrole nitrogens is 1. The highest BCUT2D eigenvalue weighted by atomic mass is 14.9. The topological polar surface area (TPSA) is 28.7 Å². The van der Waals surface area contributed by atoms with Gasteiger partial charge in [0.15, 0.2) is 0 Å². The maximum absolute atomic E-state index is 4.10. The van der Waals surface area contributed by atoms with Gasteiger partial charge in [-0.2, -0.15) is 0 Å². The lowest BCUT2D eigenvalue weighted by Gasteiger charge is -2.19. The van der Waals surface area contributed by atoms with Crippen molar-refractivity contribution in [2.45, 2.75) is 39.0 Å². The van der Waals surface area contributed by atoms with E-state index in [-0.39, 0.29) is 0 Å². The average molecular weight is 304 g/mol. The van der Waals surface area contributed by atoms with E-state index in [2.05, 4.69) is 72.3 Å². The number of hydrogen-bond acceptors (Lipinski definition) is 1. The van der Waals surface area contributed by atoms with Gasteiger partial charge in [0.1, 0.15) is 0 Å². The van der Waals surface area contributed by atoms with E-state index in [4.69, 9.17) is 0 Å². The third-order valence-corrected chi connectivity index (χ3v) is 4.38. The summed E-state index contributed by atoms with van der Waals surface area (Å²) in [6.07, 6.45) is 7.02. The first-order valence-corrected chi connectivity index (χ1v) is 8.33. The summed E-state index contributed by atoms with van der Waals surface area (Å²) in [5, 5.41) is 0. The molecule has 1 heterocycles. The van der Waals surface area contributed by atoms with Gasteiger partial charge >= 0.3 is 0 Å². The minimum atomic E-state index is 0.456. The summed E-state index contributed by atoms with van der Waals surface area (Å²) in [7, 11) is 0. The molecule has 0 aliphatic rings. The fourth-order valence-corrected chi connectivity index (χ4v) is 3.22. The van der Waals surface area contributed by atoms with Crippen molar-refractivity contribution >= 4 is 0 Å². The van der Waals surface area contributed by atoms with Crippen molar-refractivity contribution in [3.05, 3.63) is 89.0 Å². The highest BCUT2D eigenvalue weighted by molar-refractivity contribution is 5.36. The molecular formula is C21H24N2. The van der Waals surface area contributed by atoms with Crippen LogP contribution in [0.25, 0.3) is 0 Å². The van der Waals surface area contributed by atoms with Crippen LogP contribution in [-0.4, -0.2) is 9.97 Å². The predicted octanol–water partition coefficient (Wildman–Crippen LogP) is 5.18. The zero-order valence-electron chi connectivity index (χ0n) is 13.9. The van der Waals surface area contributed by atoms with Crippen molar-refractivity contribution in [1.82, 2.24) is 9.97 Å². The summed E-state index contributed by atoms with van der Waals surface area (Å²) >= 11 is 0. The third kappa shape index (κ3) is 4.10. The summed E-state index contributed by atoms with van der Waals surface area (Å²) in [6.45, 7) is 4.34. The number of rotatable bonds is 6. The van der Waals surface area contributed by atoms with Crippen LogP contribution in [0, 0.1) is 13.8 Å². The molecule has 0 saturated heterocycles. The highest BCUT2D eigenvalue weighted by Crippen LogP contribution is 2.30. The Kier molecular flexibility index (Phi) is 4.92. The minimum Gasteiger partial charge on any atom is -0.348 e. The number of nitrogens with zero attached hydrogens (tertiary/aromatic N) is 1. The largest absolute Gasteiger partial charge is 0.348 e. The first kappa shape index (κ1) is 15.5. The SMILES string of the molecule is Cc1cccc(C(CCCc2cnc[nH]2)c2cccc(C)c2)c1. The maximum atomic E-state index is 4.10. The molecule has 0 atom stereocenters. The Morgan fingerprint density at radius 3 is 2.13 bits per heavy atom. The zero-order valence-corrected chi connectivity index (χ0v) is 13.9. The van der Waals surface area contributed by atoms with Gasteiger partial charge in [0.05, 0.1) is 6.33 Å². The van der Waals surface area contributed by atoms with Crippen LogP contribution in [0.3, 0.4) is 0 Å². The predicted molar refractivity (Wildman–Crippen MR) is 95.7 cm³/mol. The second-order valence-corrected chi connectivity index (χ2v) is 6.35. The maximum Gasteiger partial charge on any atom is 0.0921 e.